The molecular weight excluding hydrogens is 326 g/mol. The fourth-order valence-electron chi connectivity index (χ4n) is 3.41. The van der Waals surface area contributed by atoms with E-state index in [1.54, 1.807) is 17.7 Å². The standard InChI is InChI=1S/C16H21N5O4/c1-4-7-20-11(13(23)17-21-8-5-6-12(21)22)9-10-14(20)18(2)16(25)19(3)15(10)24/h9-10H,4-8H2,1-3H3/p+1. The molecule has 3 aliphatic heterocycles. The number of carbonyl (C=O) groups excluding carboxylic acids is 4. The number of hydrogen-bond donors (Lipinski definition) is 1. The molecule has 0 aromatic heterocycles. The Morgan fingerprint density at radius 1 is 1.28 bits per heavy atom. The third kappa shape index (κ3) is 2.69. The lowest BCUT2D eigenvalue weighted by Gasteiger charge is -2.27. The summed E-state index contributed by atoms with van der Waals surface area (Å²) >= 11 is 0. The third-order valence-electron chi connectivity index (χ3n) is 4.67. The van der Waals surface area contributed by atoms with Gasteiger partial charge in [-0.2, -0.15) is 4.90 Å². The number of hydrogen-bond acceptors (Lipinski definition) is 4. The van der Waals surface area contributed by atoms with E-state index in [0.717, 1.165) is 11.3 Å². The van der Waals surface area contributed by atoms with Crippen LogP contribution in [0.25, 0.3) is 0 Å². The van der Waals surface area contributed by atoms with Gasteiger partial charge in [0.2, 0.25) is 5.91 Å². The monoisotopic (exact) mass is 348 g/mol. The van der Waals surface area contributed by atoms with Gasteiger partial charge in [0.25, 0.3) is 11.7 Å². The number of rotatable bonds is 4. The van der Waals surface area contributed by atoms with Crippen molar-refractivity contribution in [3.8, 4) is 0 Å². The number of nitrogens with zero attached hydrogens (tertiary/aromatic N) is 4. The van der Waals surface area contributed by atoms with Crippen molar-refractivity contribution in [2.45, 2.75) is 26.2 Å². The summed E-state index contributed by atoms with van der Waals surface area (Å²) in [4.78, 5) is 51.6. The van der Waals surface area contributed by atoms with E-state index in [-0.39, 0.29) is 11.8 Å². The zero-order valence-electron chi connectivity index (χ0n) is 14.6. The summed E-state index contributed by atoms with van der Waals surface area (Å²) in [6.07, 6.45) is 3.42. The highest BCUT2D eigenvalue weighted by Crippen LogP contribution is 2.26. The smallest absolute Gasteiger partial charge is 0.273 e. The highest BCUT2D eigenvalue weighted by Gasteiger charge is 2.51. The topological polar surface area (TPSA) is 93.0 Å². The summed E-state index contributed by atoms with van der Waals surface area (Å²) in [5.74, 6) is -1.11. The number of fused-ring (bicyclic) bond motifs is 1. The van der Waals surface area contributed by atoms with Gasteiger partial charge in [0, 0.05) is 20.0 Å². The molecule has 0 radical (unpaired) electrons. The van der Waals surface area contributed by atoms with Crippen LogP contribution in [0.15, 0.2) is 11.8 Å². The zero-order valence-corrected chi connectivity index (χ0v) is 14.6. The minimum absolute atomic E-state index is 0.123. The molecule has 2 saturated heterocycles. The van der Waals surface area contributed by atoms with E-state index in [1.165, 1.54) is 17.0 Å². The number of urea groups is 1. The van der Waals surface area contributed by atoms with Crippen molar-refractivity contribution in [1.29, 1.82) is 0 Å². The van der Waals surface area contributed by atoms with Gasteiger partial charge < -0.3 is 0 Å². The average molecular weight is 348 g/mol. The van der Waals surface area contributed by atoms with E-state index in [0.29, 0.717) is 37.5 Å². The number of amidine groups is 1. The molecule has 2 fully saturated rings. The molecule has 3 heterocycles. The molecule has 134 valence electrons. The molecule has 1 unspecified atom stereocenters. The summed E-state index contributed by atoms with van der Waals surface area (Å²) in [5, 5.41) is 1.31. The number of hydrazine groups is 1. The van der Waals surface area contributed by atoms with Crippen molar-refractivity contribution in [2.24, 2.45) is 5.92 Å². The predicted octanol–water partition coefficient (Wildman–Crippen LogP) is -0.501. The molecule has 1 atom stereocenters. The van der Waals surface area contributed by atoms with E-state index < -0.39 is 17.9 Å². The molecule has 0 bridgehead atoms. The number of amides is 5. The maximum Gasteiger partial charge on any atom is 0.417 e. The molecule has 3 aliphatic rings. The second kappa shape index (κ2) is 6.30. The molecule has 9 nitrogen and oxygen atoms in total. The minimum Gasteiger partial charge on any atom is -0.273 e. The van der Waals surface area contributed by atoms with Crippen LogP contribution in [0.4, 0.5) is 4.79 Å². The van der Waals surface area contributed by atoms with Crippen LogP contribution in [0.3, 0.4) is 0 Å². The molecule has 0 aromatic carbocycles. The zero-order chi connectivity index (χ0) is 18.3. The number of imide groups is 1. The SMILES string of the molecule is CCC[N+]1=C2C(C=C1C(=O)NN1CCCC1=O)C(=O)N(C)C(=O)N2C. The summed E-state index contributed by atoms with van der Waals surface area (Å²) in [7, 11) is 3.02. The van der Waals surface area contributed by atoms with Crippen molar-refractivity contribution in [1.82, 2.24) is 20.2 Å². The van der Waals surface area contributed by atoms with Crippen LogP contribution in [0.1, 0.15) is 26.2 Å². The Bertz CT molecular complexity index is 726. The Kier molecular flexibility index (Phi) is 4.32. The summed E-state index contributed by atoms with van der Waals surface area (Å²) in [6, 6.07) is -0.429. The second-order valence-corrected chi connectivity index (χ2v) is 6.37. The number of nitrogens with one attached hydrogen (secondary N) is 1. The molecule has 25 heavy (non-hydrogen) atoms. The van der Waals surface area contributed by atoms with Gasteiger partial charge in [0.1, 0.15) is 0 Å². The molecule has 3 rings (SSSR count). The van der Waals surface area contributed by atoms with Gasteiger partial charge in [0.05, 0.1) is 13.6 Å². The fraction of sp³-hybridized carbons (Fsp3) is 0.562. The molecule has 0 spiro atoms. The van der Waals surface area contributed by atoms with Crippen LogP contribution in [-0.4, -0.2) is 76.2 Å². The van der Waals surface area contributed by atoms with E-state index in [2.05, 4.69) is 5.43 Å². The van der Waals surface area contributed by atoms with Crippen molar-refractivity contribution in [2.75, 3.05) is 27.2 Å². The molecule has 0 aliphatic carbocycles. The second-order valence-electron chi connectivity index (χ2n) is 6.37. The first-order valence-corrected chi connectivity index (χ1v) is 8.39. The van der Waals surface area contributed by atoms with Gasteiger partial charge in [-0.25, -0.2) is 14.3 Å². The van der Waals surface area contributed by atoms with Crippen molar-refractivity contribution in [3.63, 3.8) is 0 Å². The van der Waals surface area contributed by atoms with E-state index >= 15 is 0 Å². The fourth-order valence-corrected chi connectivity index (χ4v) is 3.41. The average Bonchev–Trinajstić information content (AvgIpc) is 3.16. The Hall–Kier alpha value is -2.71. The maximum atomic E-state index is 12.7. The first kappa shape index (κ1) is 17.1. The largest absolute Gasteiger partial charge is 0.417 e. The van der Waals surface area contributed by atoms with Crippen molar-refractivity contribution in [3.05, 3.63) is 11.8 Å². The lowest BCUT2D eigenvalue weighted by atomic mass is 10.0. The quantitative estimate of drug-likeness (QED) is 0.693. The molecule has 5 amide bonds. The summed E-state index contributed by atoms with van der Waals surface area (Å²) in [6.45, 7) is 2.92. The molecule has 0 saturated carbocycles. The Balaban J connectivity index is 1.94. The first-order chi connectivity index (χ1) is 11.9. The van der Waals surface area contributed by atoms with Crippen molar-refractivity contribution >= 4 is 29.6 Å². The molecule has 0 aromatic rings. The molecule has 9 heteroatoms. The van der Waals surface area contributed by atoms with Crippen molar-refractivity contribution < 1.29 is 23.8 Å². The van der Waals surface area contributed by atoms with Gasteiger partial charge in [0.15, 0.2) is 11.6 Å². The lowest BCUT2D eigenvalue weighted by Crippen LogP contribution is -2.57. The molecule has 1 N–H and O–H groups in total. The Labute approximate surface area is 145 Å². The van der Waals surface area contributed by atoms with Crippen LogP contribution in [0.5, 0.6) is 0 Å². The minimum atomic E-state index is -0.672. The highest BCUT2D eigenvalue weighted by atomic mass is 16.2. The van der Waals surface area contributed by atoms with Gasteiger partial charge in [-0.1, -0.05) is 6.92 Å². The first-order valence-electron chi connectivity index (χ1n) is 8.39. The number of carbonyl (C=O) groups is 4. The lowest BCUT2D eigenvalue weighted by molar-refractivity contribution is -0.473. The maximum absolute atomic E-state index is 12.7. The van der Waals surface area contributed by atoms with Gasteiger partial charge >= 0.3 is 11.9 Å². The van der Waals surface area contributed by atoms with Crippen LogP contribution in [0, 0.1) is 5.92 Å². The predicted molar refractivity (Wildman–Crippen MR) is 87.0 cm³/mol. The molecular formula is C16H22N5O4+. The van der Waals surface area contributed by atoms with E-state index in [4.69, 9.17) is 0 Å². The highest BCUT2D eigenvalue weighted by molar-refractivity contribution is 6.19. The normalized spacial score (nSPS) is 23.5. The van der Waals surface area contributed by atoms with Gasteiger partial charge in [-0.05, 0) is 18.9 Å². The third-order valence-corrected chi connectivity index (χ3v) is 4.67. The Morgan fingerprint density at radius 3 is 2.60 bits per heavy atom. The van der Waals surface area contributed by atoms with Crippen LogP contribution in [0.2, 0.25) is 0 Å². The van der Waals surface area contributed by atoms with Gasteiger partial charge in [-0.15, -0.1) is 0 Å². The van der Waals surface area contributed by atoms with E-state index in [9.17, 15) is 19.2 Å². The van der Waals surface area contributed by atoms with Crippen LogP contribution < -0.4 is 5.43 Å². The Morgan fingerprint density at radius 2 is 2.00 bits per heavy atom. The summed E-state index contributed by atoms with van der Waals surface area (Å²) in [5.41, 5.74) is 2.91. The summed E-state index contributed by atoms with van der Waals surface area (Å²) < 4.78 is 1.70. The van der Waals surface area contributed by atoms with Gasteiger partial charge in [-0.3, -0.25) is 24.8 Å². The van der Waals surface area contributed by atoms with E-state index in [1.807, 2.05) is 6.92 Å². The van der Waals surface area contributed by atoms with Crippen LogP contribution >= 0.6 is 0 Å². The van der Waals surface area contributed by atoms with Crippen LogP contribution in [-0.2, 0) is 14.4 Å².